The molecule has 0 aliphatic carbocycles. The van der Waals surface area contributed by atoms with Crippen LogP contribution in [-0.2, 0) is 0 Å². The van der Waals surface area contributed by atoms with Crippen LogP contribution >= 0.6 is 0 Å². The molecule has 0 heterocycles. The minimum atomic E-state index is 0.534. The van der Waals surface area contributed by atoms with Crippen LogP contribution in [-0.4, -0.2) is 21.3 Å². The van der Waals surface area contributed by atoms with Crippen LogP contribution in [0.3, 0.4) is 0 Å². The lowest BCUT2D eigenvalue weighted by molar-refractivity contribution is 0.330. The lowest BCUT2D eigenvalue weighted by atomic mass is 10.2. The van der Waals surface area contributed by atoms with Crippen molar-refractivity contribution in [2.45, 2.75) is 0 Å². The summed E-state index contributed by atoms with van der Waals surface area (Å²) in [5.41, 5.74) is 0. The van der Waals surface area contributed by atoms with Gasteiger partial charge in [-0.15, -0.1) is 0 Å². The quantitative estimate of drug-likeness (QED) is 0.824. The zero-order valence-electron chi connectivity index (χ0n) is 11.2. The van der Waals surface area contributed by atoms with Crippen LogP contribution < -0.4 is 18.9 Å². The van der Waals surface area contributed by atoms with Crippen LogP contribution in [0.2, 0.25) is 0 Å². The van der Waals surface area contributed by atoms with E-state index in [1.165, 1.54) is 0 Å². The molecule has 19 heavy (non-hydrogen) atoms. The van der Waals surface area contributed by atoms with Gasteiger partial charge in [-0.05, 0) is 12.1 Å². The second-order valence-corrected chi connectivity index (χ2v) is 3.78. The van der Waals surface area contributed by atoms with Crippen molar-refractivity contribution in [1.29, 1.82) is 0 Å². The van der Waals surface area contributed by atoms with Crippen LogP contribution in [0.25, 0.3) is 0 Å². The average Bonchev–Trinajstić information content (AvgIpc) is 2.47. The molecule has 0 fully saturated rings. The van der Waals surface area contributed by atoms with Crippen LogP contribution in [0.4, 0.5) is 0 Å². The van der Waals surface area contributed by atoms with E-state index in [-0.39, 0.29) is 0 Å². The van der Waals surface area contributed by atoms with Crippen LogP contribution in [0.1, 0.15) is 0 Å². The average molecular weight is 260 g/mol. The summed E-state index contributed by atoms with van der Waals surface area (Å²) in [7, 11) is 4.74. The molecule has 2 aromatic carbocycles. The summed E-state index contributed by atoms with van der Waals surface area (Å²) in [6.07, 6.45) is 0. The van der Waals surface area contributed by atoms with Crippen molar-refractivity contribution >= 4 is 0 Å². The largest absolute Gasteiger partial charge is 0.496 e. The lowest BCUT2D eigenvalue weighted by Crippen LogP contribution is -1.96. The SMILES string of the molecule is COc1cc(OC)c(OC)c(Oc2ccccc2)c1. The Morgan fingerprint density at radius 2 is 1.37 bits per heavy atom. The molecule has 0 aliphatic heterocycles. The molecule has 4 nitrogen and oxygen atoms in total. The Kier molecular flexibility index (Phi) is 4.13. The zero-order valence-corrected chi connectivity index (χ0v) is 11.2. The number of para-hydroxylation sites is 1. The van der Waals surface area contributed by atoms with Gasteiger partial charge >= 0.3 is 0 Å². The molecular weight excluding hydrogens is 244 g/mol. The second-order valence-electron chi connectivity index (χ2n) is 3.78. The Morgan fingerprint density at radius 1 is 0.684 bits per heavy atom. The maximum absolute atomic E-state index is 5.80. The highest BCUT2D eigenvalue weighted by Crippen LogP contribution is 2.42. The van der Waals surface area contributed by atoms with Gasteiger partial charge in [-0.25, -0.2) is 0 Å². The highest BCUT2D eigenvalue weighted by molar-refractivity contribution is 5.57. The molecule has 0 aliphatic rings. The Hall–Kier alpha value is -2.36. The number of rotatable bonds is 5. The maximum Gasteiger partial charge on any atom is 0.204 e. The van der Waals surface area contributed by atoms with Gasteiger partial charge in [0.1, 0.15) is 11.5 Å². The van der Waals surface area contributed by atoms with E-state index in [4.69, 9.17) is 18.9 Å². The number of ether oxygens (including phenoxy) is 4. The van der Waals surface area contributed by atoms with Crippen molar-refractivity contribution in [2.75, 3.05) is 21.3 Å². The highest BCUT2D eigenvalue weighted by Gasteiger charge is 2.14. The fourth-order valence-electron chi connectivity index (χ4n) is 1.71. The van der Waals surface area contributed by atoms with Crippen molar-refractivity contribution in [3.63, 3.8) is 0 Å². The van der Waals surface area contributed by atoms with E-state index in [2.05, 4.69) is 0 Å². The van der Waals surface area contributed by atoms with E-state index in [1.54, 1.807) is 33.5 Å². The van der Waals surface area contributed by atoms with E-state index >= 15 is 0 Å². The first-order valence-electron chi connectivity index (χ1n) is 5.81. The fourth-order valence-corrected chi connectivity index (χ4v) is 1.71. The second kappa shape index (κ2) is 6.00. The van der Waals surface area contributed by atoms with Crippen molar-refractivity contribution in [1.82, 2.24) is 0 Å². The van der Waals surface area contributed by atoms with Gasteiger partial charge in [0, 0.05) is 12.1 Å². The monoisotopic (exact) mass is 260 g/mol. The molecule has 2 aromatic rings. The molecule has 0 saturated carbocycles. The lowest BCUT2D eigenvalue weighted by Gasteiger charge is -2.15. The molecule has 0 radical (unpaired) electrons. The van der Waals surface area contributed by atoms with Crippen LogP contribution in [0.5, 0.6) is 28.7 Å². The number of benzene rings is 2. The number of methoxy groups -OCH3 is 3. The predicted molar refractivity (Wildman–Crippen MR) is 72.6 cm³/mol. The molecule has 4 heteroatoms. The Labute approximate surface area is 112 Å². The summed E-state index contributed by atoms with van der Waals surface area (Å²) in [5.74, 6) is 3.00. The topological polar surface area (TPSA) is 36.9 Å². The standard InChI is InChI=1S/C15H16O4/c1-16-12-9-13(17-2)15(18-3)14(10-12)19-11-7-5-4-6-8-11/h4-10H,1-3H3. The minimum Gasteiger partial charge on any atom is -0.496 e. The molecule has 0 bridgehead atoms. The number of hydrogen-bond donors (Lipinski definition) is 0. The van der Waals surface area contributed by atoms with E-state index in [0.717, 1.165) is 5.75 Å². The third kappa shape index (κ3) is 2.91. The van der Waals surface area contributed by atoms with Gasteiger partial charge in [0.15, 0.2) is 11.5 Å². The van der Waals surface area contributed by atoms with E-state index < -0.39 is 0 Å². The molecule has 0 N–H and O–H groups in total. The van der Waals surface area contributed by atoms with Gasteiger partial charge in [0.05, 0.1) is 21.3 Å². The first-order chi connectivity index (χ1) is 9.28. The molecule has 0 aromatic heterocycles. The molecule has 2 rings (SSSR count). The first kappa shape index (κ1) is 13.1. The Morgan fingerprint density at radius 3 is 1.95 bits per heavy atom. The van der Waals surface area contributed by atoms with Crippen molar-refractivity contribution < 1.29 is 18.9 Å². The third-order valence-electron chi connectivity index (χ3n) is 2.63. The van der Waals surface area contributed by atoms with Gasteiger partial charge < -0.3 is 18.9 Å². The third-order valence-corrected chi connectivity index (χ3v) is 2.63. The first-order valence-corrected chi connectivity index (χ1v) is 5.81. The van der Waals surface area contributed by atoms with E-state index in [1.807, 2.05) is 30.3 Å². The molecule has 0 atom stereocenters. The van der Waals surface area contributed by atoms with E-state index in [0.29, 0.717) is 23.0 Å². The van der Waals surface area contributed by atoms with Gasteiger partial charge in [-0.2, -0.15) is 0 Å². The summed E-state index contributed by atoms with van der Waals surface area (Å²) in [4.78, 5) is 0. The molecule has 0 saturated heterocycles. The minimum absolute atomic E-state index is 0.534. The summed E-state index contributed by atoms with van der Waals surface area (Å²) in [6, 6.07) is 13.0. The van der Waals surface area contributed by atoms with Crippen molar-refractivity contribution in [3.8, 4) is 28.7 Å². The maximum atomic E-state index is 5.80. The van der Waals surface area contributed by atoms with Gasteiger partial charge in [-0.3, -0.25) is 0 Å². The van der Waals surface area contributed by atoms with Crippen molar-refractivity contribution in [3.05, 3.63) is 42.5 Å². The van der Waals surface area contributed by atoms with Crippen LogP contribution in [0, 0.1) is 0 Å². The Bertz CT molecular complexity index is 537. The molecule has 0 unspecified atom stereocenters. The zero-order chi connectivity index (χ0) is 13.7. The highest BCUT2D eigenvalue weighted by atomic mass is 16.5. The molecule has 0 amide bonds. The summed E-state index contributed by atoms with van der Waals surface area (Å²) in [5, 5.41) is 0. The fraction of sp³-hybridized carbons (Fsp3) is 0.200. The summed E-state index contributed by atoms with van der Waals surface area (Å²) in [6.45, 7) is 0. The molecule has 0 spiro atoms. The number of hydrogen-bond acceptors (Lipinski definition) is 4. The smallest absolute Gasteiger partial charge is 0.204 e. The molecular formula is C15H16O4. The van der Waals surface area contributed by atoms with Gasteiger partial charge in [-0.1, -0.05) is 18.2 Å². The normalized spacial score (nSPS) is 9.84. The van der Waals surface area contributed by atoms with Gasteiger partial charge in [0.25, 0.3) is 0 Å². The summed E-state index contributed by atoms with van der Waals surface area (Å²) < 4.78 is 21.6. The van der Waals surface area contributed by atoms with E-state index in [9.17, 15) is 0 Å². The van der Waals surface area contributed by atoms with Crippen LogP contribution in [0.15, 0.2) is 42.5 Å². The van der Waals surface area contributed by atoms with Crippen molar-refractivity contribution in [2.24, 2.45) is 0 Å². The molecule has 100 valence electrons. The predicted octanol–water partition coefficient (Wildman–Crippen LogP) is 3.50. The summed E-state index contributed by atoms with van der Waals surface area (Å²) >= 11 is 0. The Balaban J connectivity index is 2.42. The van der Waals surface area contributed by atoms with Gasteiger partial charge in [0.2, 0.25) is 5.75 Å².